The van der Waals surface area contributed by atoms with Gasteiger partial charge in [0, 0.05) is 50.3 Å². The quantitative estimate of drug-likeness (QED) is 0.592. The summed E-state index contributed by atoms with van der Waals surface area (Å²) in [5.41, 5.74) is 2.03. The van der Waals surface area contributed by atoms with E-state index in [4.69, 9.17) is 4.74 Å². The van der Waals surface area contributed by atoms with Crippen LogP contribution in [0.4, 0.5) is 5.82 Å². The molecule has 0 saturated carbocycles. The minimum Gasteiger partial charge on any atom is -0.462 e. The number of carbonyl (C=O) groups is 2. The summed E-state index contributed by atoms with van der Waals surface area (Å²) in [4.78, 5) is 33.2. The van der Waals surface area contributed by atoms with Crippen molar-refractivity contribution < 1.29 is 14.3 Å². The molecule has 0 spiro atoms. The predicted molar refractivity (Wildman–Crippen MR) is 116 cm³/mol. The number of amides is 1. The van der Waals surface area contributed by atoms with Crippen molar-refractivity contribution in [2.75, 3.05) is 37.7 Å². The van der Waals surface area contributed by atoms with Crippen LogP contribution in [0.5, 0.6) is 0 Å². The highest BCUT2D eigenvalue weighted by Crippen LogP contribution is 2.17. The van der Waals surface area contributed by atoms with Crippen LogP contribution in [0.2, 0.25) is 0 Å². The van der Waals surface area contributed by atoms with Gasteiger partial charge in [0.05, 0.1) is 17.9 Å². The second-order valence-electron chi connectivity index (χ2n) is 7.26. The molecule has 1 aliphatic heterocycles. The van der Waals surface area contributed by atoms with E-state index in [1.165, 1.54) is 0 Å². The molecule has 3 aromatic rings. The third-order valence-electron chi connectivity index (χ3n) is 5.25. The van der Waals surface area contributed by atoms with Crippen molar-refractivity contribution in [3.05, 3.63) is 72.2 Å². The first kappa shape index (κ1) is 20.6. The molecular weight excluding hydrogens is 394 g/mol. The van der Waals surface area contributed by atoms with Crippen molar-refractivity contribution in [1.29, 1.82) is 0 Å². The van der Waals surface area contributed by atoms with Gasteiger partial charge >= 0.3 is 5.97 Å². The van der Waals surface area contributed by atoms with Gasteiger partial charge in [-0.1, -0.05) is 0 Å². The van der Waals surface area contributed by atoms with Crippen LogP contribution in [0, 0.1) is 0 Å². The van der Waals surface area contributed by atoms with Crippen LogP contribution in [0.1, 0.15) is 34.1 Å². The summed E-state index contributed by atoms with van der Waals surface area (Å²) in [5, 5.41) is 4.21. The van der Waals surface area contributed by atoms with Crippen LogP contribution in [0.25, 0.3) is 5.69 Å². The number of esters is 1. The Balaban J connectivity index is 1.38. The molecule has 8 heteroatoms. The van der Waals surface area contributed by atoms with E-state index in [0.29, 0.717) is 37.4 Å². The van der Waals surface area contributed by atoms with Crippen LogP contribution in [-0.4, -0.2) is 64.3 Å². The lowest BCUT2D eigenvalue weighted by molar-refractivity contribution is 0.0525. The van der Waals surface area contributed by atoms with Crippen molar-refractivity contribution in [3.8, 4) is 5.69 Å². The molecule has 0 bridgehead atoms. The van der Waals surface area contributed by atoms with Crippen molar-refractivity contribution in [2.24, 2.45) is 0 Å². The first-order valence-corrected chi connectivity index (χ1v) is 10.4. The summed E-state index contributed by atoms with van der Waals surface area (Å²) in [6, 6.07) is 12.9. The van der Waals surface area contributed by atoms with E-state index in [1.54, 1.807) is 30.1 Å². The van der Waals surface area contributed by atoms with Crippen molar-refractivity contribution in [3.63, 3.8) is 0 Å². The monoisotopic (exact) mass is 419 g/mol. The summed E-state index contributed by atoms with van der Waals surface area (Å²) >= 11 is 0. The topological polar surface area (TPSA) is 80.6 Å². The largest absolute Gasteiger partial charge is 0.462 e. The highest BCUT2D eigenvalue weighted by molar-refractivity contribution is 5.94. The molecule has 0 unspecified atom stereocenters. The number of ether oxygens (including phenoxy) is 1. The smallest absolute Gasteiger partial charge is 0.339 e. The van der Waals surface area contributed by atoms with Crippen molar-refractivity contribution in [1.82, 2.24) is 19.7 Å². The predicted octanol–water partition coefficient (Wildman–Crippen LogP) is 2.80. The Morgan fingerprint density at radius 2 is 1.81 bits per heavy atom. The summed E-state index contributed by atoms with van der Waals surface area (Å²) in [7, 11) is 0. The number of aromatic nitrogens is 3. The molecule has 1 aromatic carbocycles. The SMILES string of the molecule is CCOC(=O)c1ccc(N2CCCN(C(=O)c3ccc(-n4cccn4)cc3)CC2)nc1. The fourth-order valence-corrected chi connectivity index (χ4v) is 3.62. The maximum absolute atomic E-state index is 13.0. The Labute approximate surface area is 181 Å². The van der Waals surface area contributed by atoms with Gasteiger partial charge in [0.25, 0.3) is 5.91 Å². The molecule has 3 heterocycles. The Morgan fingerprint density at radius 3 is 2.48 bits per heavy atom. The van der Waals surface area contributed by atoms with E-state index in [-0.39, 0.29) is 11.9 Å². The molecule has 0 aliphatic carbocycles. The van der Waals surface area contributed by atoms with E-state index in [0.717, 1.165) is 24.5 Å². The van der Waals surface area contributed by atoms with Crippen LogP contribution < -0.4 is 4.90 Å². The number of hydrogen-bond acceptors (Lipinski definition) is 6. The number of benzene rings is 1. The molecule has 4 rings (SSSR count). The van der Waals surface area contributed by atoms with E-state index in [9.17, 15) is 9.59 Å². The van der Waals surface area contributed by atoms with Gasteiger partial charge in [0.1, 0.15) is 5.82 Å². The van der Waals surface area contributed by atoms with Gasteiger partial charge in [-0.3, -0.25) is 4.79 Å². The van der Waals surface area contributed by atoms with Gasteiger partial charge in [-0.25, -0.2) is 14.5 Å². The molecular formula is C23H25N5O3. The third kappa shape index (κ3) is 4.74. The van der Waals surface area contributed by atoms with Crippen LogP contribution >= 0.6 is 0 Å². The third-order valence-corrected chi connectivity index (χ3v) is 5.25. The number of carbonyl (C=O) groups excluding carboxylic acids is 2. The first-order chi connectivity index (χ1) is 15.2. The lowest BCUT2D eigenvalue weighted by Gasteiger charge is -2.23. The van der Waals surface area contributed by atoms with Crippen LogP contribution in [-0.2, 0) is 4.74 Å². The second-order valence-corrected chi connectivity index (χ2v) is 7.26. The average molecular weight is 419 g/mol. The molecule has 0 atom stereocenters. The van der Waals surface area contributed by atoms with Gasteiger partial charge in [-0.05, 0) is 55.8 Å². The zero-order valence-corrected chi connectivity index (χ0v) is 17.5. The molecule has 160 valence electrons. The van der Waals surface area contributed by atoms with Crippen molar-refractivity contribution >= 4 is 17.7 Å². The zero-order chi connectivity index (χ0) is 21.6. The number of pyridine rings is 1. The molecule has 0 radical (unpaired) electrons. The number of nitrogens with zero attached hydrogens (tertiary/aromatic N) is 5. The zero-order valence-electron chi connectivity index (χ0n) is 17.5. The fourth-order valence-electron chi connectivity index (χ4n) is 3.62. The summed E-state index contributed by atoms with van der Waals surface area (Å²) in [6.07, 6.45) is 5.98. The van der Waals surface area contributed by atoms with Gasteiger partial charge in [0.15, 0.2) is 0 Å². The Hall–Kier alpha value is -3.68. The standard InChI is InChI=1S/C23H25N5O3/c1-2-31-23(30)19-7-10-21(24-17-19)26-12-4-13-27(16-15-26)22(29)18-5-8-20(9-6-18)28-14-3-11-25-28/h3,5-11,14,17H,2,4,12-13,15-16H2,1H3. The van der Waals surface area contributed by atoms with E-state index < -0.39 is 0 Å². The summed E-state index contributed by atoms with van der Waals surface area (Å²) in [5.74, 6) is 0.457. The number of rotatable bonds is 5. The Bertz CT molecular complexity index is 1020. The number of hydrogen-bond donors (Lipinski definition) is 0. The minimum absolute atomic E-state index is 0.0273. The van der Waals surface area contributed by atoms with Crippen LogP contribution in [0.3, 0.4) is 0 Å². The average Bonchev–Trinajstić information content (AvgIpc) is 3.24. The van der Waals surface area contributed by atoms with Gasteiger partial charge < -0.3 is 14.5 Å². The molecule has 31 heavy (non-hydrogen) atoms. The van der Waals surface area contributed by atoms with Gasteiger partial charge in [-0.15, -0.1) is 0 Å². The maximum Gasteiger partial charge on any atom is 0.339 e. The van der Waals surface area contributed by atoms with E-state index in [1.807, 2.05) is 47.5 Å². The highest BCUT2D eigenvalue weighted by atomic mass is 16.5. The first-order valence-electron chi connectivity index (χ1n) is 10.4. The molecule has 1 aliphatic rings. The molecule has 0 N–H and O–H groups in total. The molecule has 1 saturated heterocycles. The fraction of sp³-hybridized carbons (Fsp3) is 0.304. The lowest BCUT2D eigenvalue weighted by Crippen LogP contribution is -2.35. The van der Waals surface area contributed by atoms with Crippen molar-refractivity contribution in [2.45, 2.75) is 13.3 Å². The molecule has 1 amide bonds. The molecule has 8 nitrogen and oxygen atoms in total. The Morgan fingerprint density at radius 1 is 1.00 bits per heavy atom. The molecule has 1 fully saturated rings. The second kappa shape index (κ2) is 9.42. The molecule has 2 aromatic heterocycles. The normalized spacial score (nSPS) is 14.2. The summed E-state index contributed by atoms with van der Waals surface area (Å²) in [6.45, 7) is 4.90. The Kier molecular flexibility index (Phi) is 6.26. The highest BCUT2D eigenvalue weighted by Gasteiger charge is 2.21. The van der Waals surface area contributed by atoms with Gasteiger partial charge in [-0.2, -0.15) is 5.10 Å². The summed E-state index contributed by atoms with van der Waals surface area (Å²) < 4.78 is 6.76. The maximum atomic E-state index is 13.0. The lowest BCUT2D eigenvalue weighted by atomic mass is 10.1. The minimum atomic E-state index is -0.368. The number of anilines is 1. The van der Waals surface area contributed by atoms with Gasteiger partial charge in [0.2, 0.25) is 0 Å². The van der Waals surface area contributed by atoms with Crippen LogP contribution in [0.15, 0.2) is 61.1 Å². The van der Waals surface area contributed by atoms with E-state index >= 15 is 0 Å². The van der Waals surface area contributed by atoms with E-state index in [2.05, 4.69) is 15.0 Å².